The van der Waals surface area contributed by atoms with E-state index >= 15 is 0 Å². The van der Waals surface area contributed by atoms with Crippen LogP contribution in [0.3, 0.4) is 0 Å². The highest BCUT2D eigenvalue weighted by Gasteiger charge is 2.24. The van der Waals surface area contributed by atoms with E-state index in [0.29, 0.717) is 23.8 Å². The number of aromatic nitrogens is 1. The number of primary amides is 1. The Hall–Kier alpha value is -1.66. The van der Waals surface area contributed by atoms with Crippen molar-refractivity contribution in [3.63, 3.8) is 0 Å². The molecule has 0 aromatic carbocycles. The van der Waals surface area contributed by atoms with E-state index in [-0.39, 0.29) is 18.3 Å². The van der Waals surface area contributed by atoms with Gasteiger partial charge in [0.05, 0.1) is 5.56 Å². The molecule has 3 N–H and O–H groups in total. The summed E-state index contributed by atoms with van der Waals surface area (Å²) in [7, 11) is 1.90. The van der Waals surface area contributed by atoms with Crippen molar-refractivity contribution in [3.05, 3.63) is 29.6 Å². The van der Waals surface area contributed by atoms with E-state index in [9.17, 15) is 9.59 Å². The van der Waals surface area contributed by atoms with E-state index in [1.54, 1.807) is 11.0 Å². The zero-order valence-electron chi connectivity index (χ0n) is 11.3. The summed E-state index contributed by atoms with van der Waals surface area (Å²) < 4.78 is 0. The summed E-state index contributed by atoms with van der Waals surface area (Å²) in [5, 5.41) is 3.19. The molecule has 110 valence electrons. The molecule has 20 heavy (non-hydrogen) atoms. The van der Waals surface area contributed by atoms with Crippen LogP contribution in [0.1, 0.15) is 33.7 Å². The Balaban J connectivity index is 0.00000200. The third-order valence-corrected chi connectivity index (χ3v) is 3.38. The smallest absolute Gasteiger partial charge is 0.272 e. The minimum atomic E-state index is -0.542. The molecule has 1 aliphatic heterocycles. The number of piperidine rings is 1. The predicted octanol–water partition coefficient (Wildman–Crippen LogP) is 0.426. The van der Waals surface area contributed by atoms with Gasteiger partial charge < -0.3 is 16.0 Å². The van der Waals surface area contributed by atoms with Crippen LogP contribution in [0.15, 0.2) is 18.3 Å². The number of likely N-dealkylation sites (tertiary alicyclic amines) is 1. The fourth-order valence-corrected chi connectivity index (χ4v) is 2.23. The first kappa shape index (κ1) is 16.4. The summed E-state index contributed by atoms with van der Waals surface area (Å²) in [5.41, 5.74) is 5.79. The number of rotatable bonds is 3. The van der Waals surface area contributed by atoms with Crippen molar-refractivity contribution in [3.8, 4) is 0 Å². The molecule has 0 spiro atoms. The van der Waals surface area contributed by atoms with Crippen LogP contribution >= 0.6 is 12.4 Å². The molecule has 0 bridgehead atoms. The summed E-state index contributed by atoms with van der Waals surface area (Å²) in [4.78, 5) is 29.0. The number of pyridine rings is 1. The molecule has 1 unspecified atom stereocenters. The minimum absolute atomic E-state index is 0. The third kappa shape index (κ3) is 3.68. The minimum Gasteiger partial charge on any atom is -0.366 e. The van der Waals surface area contributed by atoms with E-state index in [1.807, 2.05) is 7.05 Å². The second-order valence-electron chi connectivity index (χ2n) is 4.68. The maximum atomic E-state index is 12.3. The Labute approximate surface area is 124 Å². The monoisotopic (exact) mass is 298 g/mol. The Bertz CT molecular complexity index is 478. The quantitative estimate of drug-likeness (QED) is 0.847. The lowest BCUT2D eigenvalue weighted by atomic mass is 10.1. The van der Waals surface area contributed by atoms with Crippen molar-refractivity contribution < 1.29 is 9.59 Å². The van der Waals surface area contributed by atoms with Crippen molar-refractivity contribution in [1.29, 1.82) is 0 Å². The van der Waals surface area contributed by atoms with E-state index in [0.717, 1.165) is 19.4 Å². The summed E-state index contributed by atoms with van der Waals surface area (Å²) in [6.45, 7) is 1.44. The van der Waals surface area contributed by atoms with Gasteiger partial charge >= 0.3 is 0 Å². The van der Waals surface area contributed by atoms with E-state index in [1.165, 1.54) is 12.3 Å². The standard InChI is InChI=1S/C13H18N4O2.ClH/c1-15-10-3-2-6-17(8-10)13(19)11-5-4-9(7-16-11)12(14)18;/h4-5,7,10,15H,2-3,6,8H2,1H3,(H2,14,18);1H. The fraction of sp³-hybridized carbons (Fsp3) is 0.462. The van der Waals surface area contributed by atoms with Crippen molar-refractivity contribution in [2.75, 3.05) is 20.1 Å². The molecule has 1 aliphatic rings. The number of nitrogens with two attached hydrogens (primary N) is 1. The van der Waals surface area contributed by atoms with Crippen LogP contribution in [0.2, 0.25) is 0 Å². The molecule has 2 amide bonds. The number of nitrogens with one attached hydrogen (secondary N) is 1. The van der Waals surface area contributed by atoms with Crippen LogP contribution in [0.4, 0.5) is 0 Å². The number of carbonyl (C=O) groups excluding carboxylic acids is 2. The number of likely N-dealkylation sites (N-methyl/N-ethyl adjacent to an activating group) is 1. The summed E-state index contributed by atoms with van der Waals surface area (Å²) in [6, 6.07) is 3.41. The van der Waals surface area contributed by atoms with Gasteiger partial charge in [-0.25, -0.2) is 0 Å². The zero-order chi connectivity index (χ0) is 13.8. The Morgan fingerprint density at radius 1 is 1.45 bits per heavy atom. The molecule has 1 aromatic rings. The lowest BCUT2D eigenvalue weighted by Crippen LogP contribution is -2.47. The normalized spacial score (nSPS) is 18.2. The maximum Gasteiger partial charge on any atom is 0.272 e. The first-order chi connectivity index (χ1) is 9.11. The molecule has 1 aromatic heterocycles. The molecule has 2 heterocycles. The van der Waals surface area contributed by atoms with Gasteiger partial charge in [0.15, 0.2) is 0 Å². The van der Waals surface area contributed by atoms with Crippen LogP contribution in [-0.4, -0.2) is 47.9 Å². The SMILES string of the molecule is CNC1CCCN(C(=O)c2ccc(C(N)=O)cn2)C1.Cl. The maximum absolute atomic E-state index is 12.3. The topological polar surface area (TPSA) is 88.3 Å². The van der Waals surface area contributed by atoms with Crippen LogP contribution in [0, 0.1) is 0 Å². The Kier molecular flexibility index (Phi) is 5.91. The number of amides is 2. The molecule has 7 heteroatoms. The first-order valence-electron chi connectivity index (χ1n) is 6.34. The summed E-state index contributed by atoms with van der Waals surface area (Å²) in [6.07, 6.45) is 3.40. The predicted molar refractivity (Wildman–Crippen MR) is 78.0 cm³/mol. The van der Waals surface area contributed by atoms with Gasteiger partial charge in [-0.1, -0.05) is 0 Å². The lowest BCUT2D eigenvalue weighted by molar-refractivity contribution is 0.0691. The number of carbonyl (C=O) groups is 2. The van der Waals surface area contributed by atoms with Gasteiger partial charge in [0.1, 0.15) is 5.69 Å². The van der Waals surface area contributed by atoms with Gasteiger partial charge in [0.25, 0.3) is 5.91 Å². The van der Waals surface area contributed by atoms with Crippen LogP contribution in [0.25, 0.3) is 0 Å². The second kappa shape index (κ2) is 7.21. The van der Waals surface area contributed by atoms with Crippen LogP contribution < -0.4 is 11.1 Å². The third-order valence-electron chi connectivity index (χ3n) is 3.38. The molecule has 0 saturated carbocycles. The van der Waals surface area contributed by atoms with Gasteiger partial charge in [-0.3, -0.25) is 14.6 Å². The average Bonchev–Trinajstić information content (AvgIpc) is 2.46. The number of hydrogen-bond donors (Lipinski definition) is 2. The summed E-state index contributed by atoms with van der Waals surface area (Å²) in [5.74, 6) is -0.643. The molecule has 1 atom stereocenters. The second-order valence-corrected chi connectivity index (χ2v) is 4.68. The molecule has 0 aliphatic carbocycles. The van der Waals surface area contributed by atoms with Gasteiger partial charge in [0.2, 0.25) is 5.91 Å². The van der Waals surface area contributed by atoms with Gasteiger partial charge in [0, 0.05) is 25.3 Å². The first-order valence-corrected chi connectivity index (χ1v) is 6.34. The highest BCUT2D eigenvalue weighted by molar-refractivity contribution is 5.95. The molecule has 1 fully saturated rings. The van der Waals surface area contributed by atoms with Gasteiger partial charge in [-0.15, -0.1) is 12.4 Å². The zero-order valence-corrected chi connectivity index (χ0v) is 12.2. The van der Waals surface area contributed by atoms with Crippen molar-refractivity contribution in [1.82, 2.24) is 15.2 Å². The fourth-order valence-electron chi connectivity index (χ4n) is 2.23. The van der Waals surface area contributed by atoms with Crippen molar-refractivity contribution >= 4 is 24.2 Å². The number of halogens is 1. The highest BCUT2D eigenvalue weighted by atomic mass is 35.5. The Morgan fingerprint density at radius 3 is 2.75 bits per heavy atom. The van der Waals surface area contributed by atoms with Crippen LogP contribution in [0.5, 0.6) is 0 Å². The van der Waals surface area contributed by atoms with E-state index in [2.05, 4.69) is 10.3 Å². The van der Waals surface area contributed by atoms with Gasteiger partial charge in [-0.05, 0) is 32.0 Å². The molecular formula is C13H19ClN4O2. The molecule has 2 rings (SSSR count). The summed E-state index contributed by atoms with van der Waals surface area (Å²) >= 11 is 0. The molecule has 1 saturated heterocycles. The lowest BCUT2D eigenvalue weighted by Gasteiger charge is -2.32. The Morgan fingerprint density at radius 2 is 2.20 bits per heavy atom. The van der Waals surface area contributed by atoms with Crippen molar-refractivity contribution in [2.45, 2.75) is 18.9 Å². The molecular weight excluding hydrogens is 280 g/mol. The largest absolute Gasteiger partial charge is 0.366 e. The van der Waals surface area contributed by atoms with E-state index in [4.69, 9.17) is 5.73 Å². The molecule has 6 nitrogen and oxygen atoms in total. The highest BCUT2D eigenvalue weighted by Crippen LogP contribution is 2.13. The molecule has 0 radical (unpaired) electrons. The van der Waals surface area contributed by atoms with E-state index < -0.39 is 5.91 Å². The van der Waals surface area contributed by atoms with Crippen molar-refractivity contribution in [2.24, 2.45) is 5.73 Å². The van der Waals surface area contributed by atoms with Gasteiger partial charge in [-0.2, -0.15) is 0 Å². The average molecular weight is 299 g/mol. The van der Waals surface area contributed by atoms with Crippen LogP contribution in [-0.2, 0) is 0 Å². The number of hydrogen-bond acceptors (Lipinski definition) is 4. The number of nitrogens with zero attached hydrogens (tertiary/aromatic N) is 2.